The van der Waals surface area contributed by atoms with E-state index in [-0.39, 0.29) is 12.5 Å². The second-order valence-corrected chi connectivity index (χ2v) is 9.12. The van der Waals surface area contributed by atoms with E-state index in [1.54, 1.807) is 0 Å². The average Bonchev–Trinajstić information content (AvgIpc) is 2.75. The molecule has 4 heteroatoms. The van der Waals surface area contributed by atoms with Crippen LogP contribution in [-0.4, -0.2) is 34.9 Å². The van der Waals surface area contributed by atoms with Crippen molar-refractivity contribution < 1.29 is 15.0 Å². The number of aliphatic hydroxyl groups excluding tert-OH is 2. The fraction of sp³-hybridized carbons (Fsp3) is 0.962. The van der Waals surface area contributed by atoms with Crippen molar-refractivity contribution in [3.05, 3.63) is 0 Å². The molecule has 0 unspecified atom stereocenters. The summed E-state index contributed by atoms with van der Waals surface area (Å²) in [7, 11) is 0. The highest BCUT2D eigenvalue weighted by molar-refractivity contribution is 5.76. The Morgan fingerprint density at radius 3 is 1.50 bits per heavy atom. The lowest BCUT2D eigenvalue weighted by Crippen LogP contribution is -2.45. The van der Waals surface area contributed by atoms with Crippen molar-refractivity contribution in [1.29, 1.82) is 0 Å². The van der Waals surface area contributed by atoms with Gasteiger partial charge in [-0.1, -0.05) is 123 Å². The summed E-state index contributed by atoms with van der Waals surface area (Å²) in [6.45, 7) is 4.29. The Morgan fingerprint density at radius 2 is 1.07 bits per heavy atom. The van der Waals surface area contributed by atoms with E-state index in [4.69, 9.17) is 0 Å². The molecule has 0 saturated carbocycles. The van der Waals surface area contributed by atoms with Crippen LogP contribution in [0.2, 0.25) is 0 Å². The van der Waals surface area contributed by atoms with Crippen LogP contribution in [0.3, 0.4) is 0 Å². The van der Waals surface area contributed by atoms with Crippen molar-refractivity contribution in [3.63, 3.8) is 0 Å². The minimum Gasteiger partial charge on any atom is -0.394 e. The lowest BCUT2D eigenvalue weighted by molar-refractivity contribution is -0.123. The van der Waals surface area contributed by atoms with Gasteiger partial charge in [0, 0.05) is 6.42 Å². The van der Waals surface area contributed by atoms with E-state index in [2.05, 4.69) is 19.2 Å². The molecule has 2 atom stereocenters. The maximum Gasteiger partial charge on any atom is 0.220 e. The van der Waals surface area contributed by atoms with E-state index in [1.165, 1.54) is 89.9 Å². The van der Waals surface area contributed by atoms with Crippen LogP contribution in [0.4, 0.5) is 0 Å². The number of hydrogen-bond acceptors (Lipinski definition) is 3. The molecule has 30 heavy (non-hydrogen) atoms. The highest BCUT2D eigenvalue weighted by Crippen LogP contribution is 2.13. The van der Waals surface area contributed by atoms with Gasteiger partial charge in [0.2, 0.25) is 5.91 Å². The van der Waals surface area contributed by atoms with Gasteiger partial charge in [-0.15, -0.1) is 0 Å². The van der Waals surface area contributed by atoms with Crippen LogP contribution in [0, 0.1) is 0 Å². The molecule has 0 aromatic carbocycles. The third kappa shape index (κ3) is 19.4. The summed E-state index contributed by atoms with van der Waals surface area (Å²) in [5, 5.41) is 22.7. The fourth-order valence-electron chi connectivity index (χ4n) is 4.00. The smallest absolute Gasteiger partial charge is 0.220 e. The first-order valence-electron chi connectivity index (χ1n) is 13.2. The van der Waals surface area contributed by atoms with Gasteiger partial charge in [-0.05, 0) is 12.8 Å². The van der Waals surface area contributed by atoms with Crippen LogP contribution >= 0.6 is 0 Å². The highest BCUT2D eigenvalue weighted by Gasteiger charge is 2.19. The van der Waals surface area contributed by atoms with E-state index in [0.717, 1.165) is 25.7 Å². The monoisotopic (exact) mass is 427 g/mol. The zero-order chi connectivity index (χ0) is 22.3. The quantitative estimate of drug-likeness (QED) is 0.160. The first kappa shape index (κ1) is 29.4. The molecule has 0 radical (unpaired) electrons. The van der Waals surface area contributed by atoms with Gasteiger partial charge >= 0.3 is 0 Å². The van der Waals surface area contributed by atoms with Crippen LogP contribution in [0.15, 0.2) is 0 Å². The predicted molar refractivity (Wildman–Crippen MR) is 129 cm³/mol. The molecule has 0 heterocycles. The molecule has 180 valence electrons. The molecule has 0 rings (SSSR count). The zero-order valence-electron chi connectivity index (χ0n) is 20.3. The van der Waals surface area contributed by atoms with E-state index in [0.29, 0.717) is 12.8 Å². The van der Waals surface area contributed by atoms with Crippen molar-refractivity contribution >= 4 is 5.91 Å². The molecular weight excluding hydrogens is 374 g/mol. The number of carbonyl (C=O) groups is 1. The SMILES string of the molecule is CCCCCCCCCCCC(=O)N[C@@H](CO)[C@H](O)CCCCCCCCCCC. The molecule has 0 fully saturated rings. The van der Waals surface area contributed by atoms with Crippen molar-refractivity contribution in [1.82, 2.24) is 5.32 Å². The molecular formula is C26H53NO3. The molecule has 0 aromatic heterocycles. The molecule has 0 spiro atoms. The Hall–Kier alpha value is -0.610. The summed E-state index contributed by atoms with van der Waals surface area (Å²) < 4.78 is 0. The standard InChI is InChI=1S/C26H53NO3/c1-3-5-7-9-11-13-15-17-19-21-25(29)24(23-28)27-26(30)22-20-18-16-14-12-10-8-6-4-2/h24-25,28-29H,3-23H2,1-2H3,(H,27,30)/t24-,25+/m0/s1. The predicted octanol–water partition coefficient (Wildman–Crippen LogP) is 6.67. The maximum atomic E-state index is 12.1. The lowest BCUT2D eigenvalue weighted by Gasteiger charge is -2.22. The van der Waals surface area contributed by atoms with Crippen LogP contribution in [0.25, 0.3) is 0 Å². The lowest BCUT2D eigenvalue weighted by atomic mass is 10.0. The summed E-state index contributed by atoms with van der Waals surface area (Å²) in [6, 6.07) is -0.523. The van der Waals surface area contributed by atoms with Crippen molar-refractivity contribution in [3.8, 4) is 0 Å². The maximum absolute atomic E-state index is 12.1. The Bertz CT molecular complexity index is 362. The molecule has 0 bridgehead atoms. The van der Waals surface area contributed by atoms with Gasteiger partial charge in [0.15, 0.2) is 0 Å². The normalized spacial score (nSPS) is 13.3. The number of rotatable bonds is 23. The number of aliphatic hydroxyl groups is 2. The molecule has 0 aliphatic heterocycles. The Kier molecular flexibility index (Phi) is 22.6. The van der Waals surface area contributed by atoms with Gasteiger partial charge in [0.25, 0.3) is 0 Å². The molecule has 4 nitrogen and oxygen atoms in total. The Labute approximate surface area is 187 Å². The van der Waals surface area contributed by atoms with Crippen LogP contribution in [-0.2, 0) is 4.79 Å². The Balaban J connectivity index is 3.65. The summed E-state index contributed by atoms with van der Waals surface area (Å²) in [5.41, 5.74) is 0. The second kappa shape index (κ2) is 23.1. The highest BCUT2D eigenvalue weighted by atomic mass is 16.3. The van der Waals surface area contributed by atoms with Crippen LogP contribution < -0.4 is 5.32 Å². The molecule has 1 amide bonds. The number of nitrogens with one attached hydrogen (secondary N) is 1. The van der Waals surface area contributed by atoms with E-state index in [9.17, 15) is 15.0 Å². The number of hydrogen-bond donors (Lipinski definition) is 3. The summed E-state index contributed by atoms with van der Waals surface area (Å²) in [6.07, 6.45) is 22.8. The topological polar surface area (TPSA) is 69.6 Å². The molecule has 0 aromatic rings. The van der Waals surface area contributed by atoms with E-state index < -0.39 is 12.1 Å². The third-order valence-electron chi connectivity index (χ3n) is 6.12. The fourth-order valence-corrected chi connectivity index (χ4v) is 4.00. The third-order valence-corrected chi connectivity index (χ3v) is 6.12. The van der Waals surface area contributed by atoms with Gasteiger partial charge < -0.3 is 15.5 Å². The van der Waals surface area contributed by atoms with Gasteiger partial charge in [0.1, 0.15) is 0 Å². The van der Waals surface area contributed by atoms with Crippen molar-refractivity contribution in [2.45, 2.75) is 154 Å². The van der Waals surface area contributed by atoms with Gasteiger partial charge in [-0.25, -0.2) is 0 Å². The average molecular weight is 428 g/mol. The first-order chi connectivity index (χ1) is 14.7. The van der Waals surface area contributed by atoms with Gasteiger partial charge in [-0.2, -0.15) is 0 Å². The van der Waals surface area contributed by atoms with Gasteiger partial charge in [0.05, 0.1) is 18.8 Å². The Morgan fingerprint density at radius 1 is 0.667 bits per heavy atom. The zero-order valence-corrected chi connectivity index (χ0v) is 20.3. The molecule has 0 aliphatic rings. The largest absolute Gasteiger partial charge is 0.394 e. The minimum atomic E-state index is -0.647. The summed E-state index contributed by atoms with van der Waals surface area (Å²) in [4.78, 5) is 12.1. The molecule has 0 saturated heterocycles. The number of unbranched alkanes of at least 4 members (excludes halogenated alkanes) is 16. The van der Waals surface area contributed by atoms with E-state index >= 15 is 0 Å². The minimum absolute atomic E-state index is 0.0388. The number of carbonyl (C=O) groups excluding carboxylic acids is 1. The first-order valence-corrected chi connectivity index (χ1v) is 13.2. The second-order valence-electron chi connectivity index (χ2n) is 9.12. The van der Waals surface area contributed by atoms with E-state index in [1.807, 2.05) is 0 Å². The summed E-state index contributed by atoms with van der Waals surface area (Å²) >= 11 is 0. The summed E-state index contributed by atoms with van der Waals surface area (Å²) in [5.74, 6) is -0.0388. The molecule has 3 N–H and O–H groups in total. The van der Waals surface area contributed by atoms with Crippen LogP contribution in [0.5, 0.6) is 0 Å². The van der Waals surface area contributed by atoms with Crippen molar-refractivity contribution in [2.75, 3.05) is 6.61 Å². The van der Waals surface area contributed by atoms with Gasteiger partial charge in [-0.3, -0.25) is 4.79 Å². The number of amides is 1. The van der Waals surface area contributed by atoms with Crippen LogP contribution in [0.1, 0.15) is 142 Å². The van der Waals surface area contributed by atoms with Crippen molar-refractivity contribution in [2.24, 2.45) is 0 Å². The molecule has 0 aliphatic carbocycles.